The number of hydrogen-bond acceptors (Lipinski definition) is 5. The molecule has 2 heterocycles. The Morgan fingerprint density at radius 3 is 2.81 bits per heavy atom. The highest BCUT2D eigenvalue weighted by molar-refractivity contribution is 5.77. The van der Waals surface area contributed by atoms with Crippen LogP contribution in [0.15, 0.2) is 79.1 Å². The number of hydrogen-bond donors (Lipinski definition) is 0. The van der Waals surface area contributed by atoms with Crippen molar-refractivity contribution in [2.24, 2.45) is 5.92 Å². The van der Waals surface area contributed by atoms with Crippen molar-refractivity contribution in [2.45, 2.75) is 44.4 Å². The summed E-state index contributed by atoms with van der Waals surface area (Å²) >= 11 is 0. The zero-order valence-corrected chi connectivity index (χ0v) is 20.5. The van der Waals surface area contributed by atoms with Gasteiger partial charge in [-0.25, -0.2) is 9.78 Å². The van der Waals surface area contributed by atoms with E-state index in [1.54, 1.807) is 6.07 Å². The van der Waals surface area contributed by atoms with Crippen LogP contribution in [0.2, 0.25) is 0 Å². The predicted octanol–water partition coefficient (Wildman–Crippen LogP) is 6.28. The number of carbonyl (C=O) groups is 1. The molecule has 7 nitrogen and oxygen atoms in total. The highest BCUT2D eigenvalue weighted by Gasteiger charge is 2.47. The van der Waals surface area contributed by atoms with Gasteiger partial charge in [0.15, 0.2) is 0 Å². The van der Waals surface area contributed by atoms with Crippen LogP contribution in [0.5, 0.6) is 11.5 Å². The fourth-order valence-corrected chi connectivity index (χ4v) is 5.75. The van der Waals surface area contributed by atoms with Gasteiger partial charge >= 0.3 is 6.09 Å². The number of rotatable bonds is 6. The molecule has 1 amide bonds. The van der Waals surface area contributed by atoms with Crippen molar-refractivity contribution in [3.05, 3.63) is 90.3 Å². The number of amides is 1. The van der Waals surface area contributed by atoms with E-state index in [1.165, 1.54) is 0 Å². The van der Waals surface area contributed by atoms with E-state index < -0.39 is 5.60 Å². The minimum absolute atomic E-state index is 0.248. The fourth-order valence-electron chi connectivity index (χ4n) is 5.75. The van der Waals surface area contributed by atoms with Crippen molar-refractivity contribution in [1.29, 1.82) is 5.26 Å². The molecule has 2 fully saturated rings. The van der Waals surface area contributed by atoms with Crippen LogP contribution in [0.1, 0.15) is 36.8 Å². The molecule has 4 aromatic rings. The largest absolute Gasteiger partial charge is 0.457 e. The highest BCUT2D eigenvalue weighted by Crippen LogP contribution is 2.41. The third-order valence-corrected chi connectivity index (χ3v) is 7.40. The van der Waals surface area contributed by atoms with Crippen molar-refractivity contribution in [1.82, 2.24) is 14.5 Å². The van der Waals surface area contributed by atoms with E-state index in [-0.39, 0.29) is 6.09 Å². The predicted molar refractivity (Wildman–Crippen MR) is 139 cm³/mol. The molecule has 1 saturated carbocycles. The van der Waals surface area contributed by atoms with E-state index in [0.717, 1.165) is 60.3 Å². The van der Waals surface area contributed by atoms with E-state index in [9.17, 15) is 10.1 Å². The van der Waals surface area contributed by atoms with Crippen LogP contribution >= 0.6 is 0 Å². The monoisotopic (exact) mass is 492 g/mol. The summed E-state index contributed by atoms with van der Waals surface area (Å²) in [7, 11) is 0. The van der Waals surface area contributed by atoms with Gasteiger partial charge in [0.1, 0.15) is 17.1 Å². The Morgan fingerprint density at radius 2 is 1.95 bits per heavy atom. The van der Waals surface area contributed by atoms with Crippen LogP contribution in [0.4, 0.5) is 4.79 Å². The van der Waals surface area contributed by atoms with Gasteiger partial charge in [0.05, 0.1) is 35.5 Å². The Morgan fingerprint density at radius 1 is 1.08 bits per heavy atom. The van der Waals surface area contributed by atoms with Crippen molar-refractivity contribution in [2.75, 3.05) is 6.54 Å². The van der Waals surface area contributed by atoms with Gasteiger partial charge in [-0.15, -0.1) is 0 Å². The fraction of sp³-hybridized carbons (Fsp3) is 0.300. The van der Waals surface area contributed by atoms with Crippen molar-refractivity contribution >= 4 is 17.1 Å². The number of para-hydroxylation sites is 1. The lowest BCUT2D eigenvalue weighted by atomic mass is 9.78. The zero-order valence-electron chi connectivity index (χ0n) is 20.5. The van der Waals surface area contributed by atoms with Crippen LogP contribution in [-0.2, 0) is 17.8 Å². The van der Waals surface area contributed by atoms with Gasteiger partial charge < -0.3 is 14.0 Å². The Bertz CT molecular complexity index is 1480. The molecule has 1 aliphatic carbocycles. The summed E-state index contributed by atoms with van der Waals surface area (Å²) < 4.78 is 14.2. The average molecular weight is 493 g/mol. The maximum absolute atomic E-state index is 12.9. The highest BCUT2D eigenvalue weighted by atomic mass is 16.6. The van der Waals surface area contributed by atoms with E-state index in [1.807, 2.05) is 78.0 Å². The van der Waals surface area contributed by atoms with Gasteiger partial charge in [0.25, 0.3) is 0 Å². The number of fused-ring (bicyclic) bond motifs is 1. The number of benzene rings is 3. The van der Waals surface area contributed by atoms with Crippen LogP contribution in [0, 0.1) is 17.2 Å². The van der Waals surface area contributed by atoms with E-state index in [4.69, 9.17) is 9.47 Å². The molecule has 1 saturated heterocycles. The first kappa shape index (κ1) is 23.1. The second-order valence-corrected chi connectivity index (χ2v) is 10.1. The number of imidazole rings is 1. The molecule has 0 bridgehead atoms. The molecular weight excluding hydrogens is 464 g/mol. The molecule has 186 valence electrons. The van der Waals surface area contributed by atoms with Gasteiger partial charge in [0, 0.05) is 13.1 Å². The number of nitriles is 1. The molecular formula is C30H28N4O3. The smallest absolute Gasteiger partial charge is 0.410 e. The quantitative estimate of drug-likeness (QED) is 0.316. The third-order valence-electron chi connectivity index (χ3n) is 7.40. The van der Waals surface area contributed by atoms with Gasteiger partial charge in [-0.3, -0.25) is 4.90 Å². The van der Waals surface area contributed by atoms with Crippen molar-refractivity contribution < 1.29 is 14.3 Å². The number of aromatic nitrogens is 2. The maximum atomic E-state index is 12.9. The van der Waals surface area contributed by atoms with Crippen LogP contribution in [0.3, 0.4) is 0 Å². The Labute approximate surface area is 215 Å². The lowest BCUT2D eigenvalue weighted by Crippen LogP contribution is -2.40. The van der Waals surface area contributed by atoms with Gasteiger partial charge in [0.2, 0.25) is 0 Å². The summed E-state index contributed by atoms with van der Waals surface area (Å²) in [4.78, 5) is 19.2. The van der Waals surface area contributed by atoms with Gasteiger partial charge in [-0.05, 0) is 79.6 Å². The molecule has 0 unspecified atom stereocenters. The number of nitrogens with zero attached hydrogens (tertiary/aromatic N) is 4. The van der Waals surface area contributed by atoms with Crippen molar-refractivity contribution in [3.8, 4) is 17.6 Å². The number of carbonyl (C=O) groups excluding carboxylic acids is 1. The Kier molecular flexibility index (Phi) is 6.01. The molecule has 37 heavy (non-hydrogen) atoms. The summed E-state index contributed by atoms with van der Waals surface area (Å²) in [5.74, 6) is 1.89. The standard InChI is InChI=1S/C30H28N4O3/c31-17-22-11-12-27-28(15-22)34(21-32-27)19-24-7-5-13-30(16-24)20-33(29(35)37-30)18-23-6-4-10-26(14-23)36-25-8-2-1-3-9-25/h1-4,6,8-12,14-15,21,24H,5,7,13,16,18-20H2/t24-,30-/m0/s1. The minimum atomic E-state index is -0.452. The summed E-state index contributed by atoms with van der Waals surface area (Å²) in [5.41, 5.74) is 3.05. The van der Waals surface area contributed by atoms with E-state index >= 15 is 0 Å². The maximum Gasteiger partial charge on any atom is 0.410 e. The lowest BCUT2D eigenvalue weighted by Gasteiger charge is -2.36. The Balaban J connectivity index is 1.13. The first-order valence-corrected chi connectivity index (χ1v) is 12.7. The molecule has 0 N–H and O–H groups in total. The molecule has 0 radical (unpaired) electrons. The van der Waals surface area contributed by atoms with Crippen LogP contribution in [0.25, 0.3) is 11.0 Å². The Hall–Kier alpha value is -4.31. The van der Waals surface area contributed by atoms with Crippen LogP contribution in [-0.4, -0.2) is 32.7 Å². The lowest BCUT2D eigenvalue weighted by molar-refractivity contribution is 0.00415. The summed E-state index contributed by atoms with van der Waals surface area (Å²) in [5, 5.41) is 9.28. The molecule has 2 aliphatic rings. The molecule has 2 atom stereocenters. The number of ether oxygens (including phenoxy) is 2. The average Bonchev–Trinajstić information content (AvgIpc) is 3.44. The first-order valence-electron chi connectivity index (χ1n) is 12.7. The third kappa shape index (κ3) is 4.88. The summed E-state index contributed by atoms with van der Waals surface area (Å²) in [6.45, 7) is 1.87. The van der Waals surface area contributed by atoms with E-state index in [2.05, 4.69) is 15.6 Å². The first-order chi connectivity index (χ1) is 18.1. The molecule has 3 aromatic carbocycles. The topological polar surface area (TPSA) is 80.4 Å². The van der Waals surface area contributed by atoms with Crippen LogP contribution < -0.4 is 4.74 Å². The minimum Gasteiger partial charge on any atom is -0.457 e. The summed E-state index contributed by atoms with van der Waals surface area (Å²) in [6, 6.07) is 25.3. The normalized spacial score (nSPS) is 21.2. The summed E-state index contributed by atoms with van der Waals surface area (Å²) in [6.07, 6.45) is 5.40. The van der Waals surface area contributed by atoms with E-state index in [0.29, 0.717) is 24.6 Å². The van der Waals surface area contributed by atoms with Crippen molar-refractivity contribution in [3.63, 3.8) is 0 Å². The molecule has 7 heteroatoms. The van der Waals surface area contributed by atoms with Gasteiger partial charge in [-0.2, -0.15) is 5.26 Å². The second-order valence-electron chi connectivity index (χ2n) is 10.1. The SMILES string of the molecule is N#Cc1ccc2ncn(C[C@H]3CCC[C@]4(C3)CN(Cc3cccc(Oc5ccccc5)c3)C(=O)O4)c2c1. The molecule has 1 spiro atoms. The molecule has 1 aromatic heterocycles. The molecule has 6 rings (SSSR count). The second kappa shape index (κ2) is 9.62. The van der Waals surface area contributed by atoms with Gasteiger partial charge in [-0.1, -0.05) is 30.3 Å². The molecule has 1 aliphatic heterocycles. The zero-order chi connectivity index (χ0) is 25.2.